The van der Waals surface area contributed by atoms with Gasteiger partial charge in [0, 0.05) is 13.2 Å². The van der Waals surface area contributed by atoms with Crippen molar-refractivity contribution in [3.63, 3.8) is 0 Å². The van der Waals surface area contributed by atoms with Gasteiger partial charge in [-0.1, -0.05) is 44.2 Å². The minimum Gasteiger partial charge on any atom is -0.463 e. The second-order valence-electron chi connectivity index (χ2n) is 8.75. The van der Waals surface area contributed by atoms with E-state index in [9.17, 15) is 24.0 Å². The van der Waals surface area contributed by atoms with Crippen LogP contribution in [-0.2, 0) is 42.1 Å². The SMILES string of the molecule is CC(C)C(=O)O[C@H]1[C@H](C)OC(=O)[C@@H](NC(=O)c2cn(C)[nH]c2=O)COC(=O)[C@@H]1Cc1ccccc1. The first-order valence-electron chi connectivity index (χ1n) is 11.2. The van der Waals surface area contributed by atoms with Gasteiger partial charge in [0.25, 0.3) is 11.5 Å². The largest absolute Gasteiger partial charge is 0.463 e. The minimum atomic E-state index is -1.37. The number of carbonyl (C=O) groups excluding carboxylic acids is 4. The number of aromatic nitrogens is 2. The maximum absolute atomic E-state index is 13.1. The van der Waals surface area contributed by atoms with Gasteiger partial charge in [0.15, 0.2) is 12.1 Å². The summed E-state index contributed by atoms with van der Waals surface area (Å²) in [4.78, 5) is 62.9. The molecule has 1 aromatic heterocycles. The van der Waals surface area contributed by atoms with E-state index in [0.717, 1.165) is 5.56 Å². The monoisotopic (exact) mass is 487 g/mol. The van der Waals surface area contributed by atoms with Crippen molar-refractivity contribution in [1.29, 1.82) is 0 Å². The molecule has 1 amide bonds. The summed E-state index contributed by atoms with van der Waals surface area (Å²) in [7, 11) is 1.53. The summed E-state index contributed by atoms with van der Waals surface area (Å²) < 4.78 is 17.8. The quantitative estimate of drug-likeness (QED) is 0.448. The second-order valence-corrected chi connectivity index (χ2v) is 8.75. The fourth-order valence-electron chi connectivity index (χ4n) is 3.65. The molecule has 188 valence electrons. The van der Waals surface area contributed by atoms with E-state index in [-0.39, 0.29) is 12.0 Å². The number of esters is 3. The molecule has 0 spiro atoms. The Kier molecular flexibility index (Phi) is 8.10. The van der Waals surface area contributed by atoms with E-state index >= 15 is 0 Å². The number of H-pyrrole nitrogens is 1. The number of carbonyl (C=O) groups is 4. The zero-order valence-electron chi connectivity index (χ0n) is 20.0. The number of nitrogens with one attached hydrogen (secondary N) is 2. The van der Waals surface area contributed by atoms with Crippen LogP contribution < -0.4 is 10.9 Å². The van der Waals surface area contributed by atoms with Gasteiger partial charge in [-0.2, -0.15) is 0 Å². The molecule has 1 saturated heterocycles. The highest BCUT2D eigenvalue weighted by Crippen LogP contribution is 2.24. The molecule has 1 aliphatic heterocycles. The van der Waals surface area contributed by atoms with E-state index in [1.165, 1.54) is 24.9 Å². The van der Waals surface area contributed by atoms with Crippen LogP contribution >= 0.6 is 0 Å². The van der Waals surface area contributed by atoms with Gasteiger partial charge in [0.2, 0.25) is 0 Å². The molecule has 1 aromatic carbocycles. The van der Waals surface area contributed by atoms with Crippen LogP contribution in [0.1, 0.15) is 36.7 Å². The summed E-state index contributed by atoms with van der Waals surface area (Å²) in [6.45, 7) is 4.29. The molecule has 0 saturated carbocycles. The van der Waals surface area contributed by atoms with Crippen LogP contribution in [-0.4, -0.2) is 58.5 Å². The Morgan fingerprint density at radius 3 is 2.46 bits per heavy atom. The summed E-state index contributed by atoms with van der Waals surface area (Å²) in [5, 5.41) is 4.78. The highest BCUT2D eigenvalue weighted by Gasteiger charge is 2.42. The van der Waals surface area contributed by atoms with Crippen LogP contribution in [0.15, 0.2) is 41.3 Å². The lowest BCUT2D eigenvalue weighted by molar-refractivity contribution is -0.176. The lowest BCUT2D eigenvalue weighted by atomic mass is 9.91. The van der Waals surface area contributed by atoms with E-state index in [2.05, 4.69) is 10.4 Å². The molecule has 4 atom stereocenters. The molecule has 2 N–H and O–H groups in total. The van der Waals surface area contributed by atoms with E-state index < -0.39 is 66.1 Å². The third-order valence-corrected chi connectivity index (χ3v) is 5.56. The molecule has 3 rings (SSSR count). The van der Waals surface area contributed by atoms with Gasteiger partial charge in [-0.25, -0.2) is 4.79 Å². The Bertz CT molecular complexity index is 1140. The summed E-state index contributed by atoms with van der Waals surface area (Å²) >= 11 is 0. The van der Waals surface area contributed by atoms with E-state index in [0.29, 0.717) is 0 Å². The molecule has 0 aliphatic carbocycles. The van der Waals surface area contributed by atoms with Gasteiger partial charge in [0.05, 0.1) is 5.92 Å². The summed E-state index contributed by atoms with van der Waals surface area (Å²) in [6.07, 6.45) is -0.699. The molecule has 11 nitrogen and oxygen atoms in total. The van der Waals surface area contributed by atoms with Gasteiger partial charge in [-0.05, 0) is 18.9 Å². The van der Waals surface area contributed by atoms with Crippen LogP contribution in [0.5, 0.6) is 0 Å². The standard InChI is InChI=1S/C24H29N3O8/c1-13(2)22(30)35-19-14(3)34-24(32)18(25-20(28)17-11-27(4)26-21(17)29)12-33-23(31)16(19)10-15-8-6-5-7-9-15/h5-9,11,13-14,16,18-19H,10,12H2,1-4H3,(H,25,28)(H,26,29)/t14-,16+,18-,19-/m0/s1. The first kappa shape index (κ1) is 25.7. The van der Waals surface area contributed by atoms with Crippen molar-refractivity contribution >= 4 is 23.8 Å². The Hall–Kier alpha value is -3.89. The van der Waals surface area contributed by atoms with Gasteiger partial charge < -0.3 is 19.5 Å². The van der Waals surface area contributed by atoms with Crippen LogP contribution in [0, 0.1) is 11.8 Å². The van der Waals surface area contributed by atoms with Crippen molar-refractivity contribution < 1.29 is 33.4 Å². The zero-order valence-corrected chi connectivity index (χ0v) is 20.0. The van der Waals surface area contributed by atoms with Gasteiger partial charge in [-0.15, -0.1) is 0 Å². The molecule has 0 bridgehead atoms. The third kappa shape index (κ3) is 6.37. The Labute approximate surface area is 201 Å². The Morgan fingerprint density at radius 1 is 1.17 bits per heavy atom. The predicted octanol–water partition coefficient (Wildman–Crippen LogP) is 0.727. The minimum absolute atomic E-state index is 0.175. The van der Waals surface area contributed by atoms with Crippen molar-refractivity contribution in [2.45, 2.75) is 45.4 Å². The zero-order chi connectivity index (χ0) is 25.7. The molecular weight excluding hydrogens is 458 g/mol. The van der Waals surface area contributed by atoms with Crippen LogP contribution in [0.4, 0.5) is 0 Å². The highest BCUT2D eigenvalue weighted by molar-refractivity contribution is 5.96. The number of aryl methyl sites for hydroxylation is 1. The molecule has 2 heterocycles. The molecule has 0 unspecified atom stereocenters. The first-order chi connectivity index (χ1) is 16.6. The number of benzene rings is 1. The number of hydrogen-bond acceptors (Lipinski definition) is 8. The number of hydrogen-bond donors (Lipinski definition) is 2. The van der Waals surface area contributed by atoms with E-state index in [1.807, 2.05) is 30.3 Å². The van der Waals surface area contributed by atoms with Crippen LogP contribution in [0.2, 0.25) is 0 Å². The lowest BCUT2D eigenvalue weighted by Crippen LogP contribution is -2.47. The average molecular weight is 488 g/mol. The maximum atomic E-state index is 13.1. The molecule has 1 aliphatic rings. The number of amides is 1. The van der Waals surface area contributed by atoms with Crippen molar-refractivity contribution in [1.82, 2.24) is 15.1 Å². The first-order valence-corrected chi connectivity index (χ1v) is 11.2. The number of cyclic esters (lactones) is 2. The van der Waals surface area contributed by atoms with Crippen molar-refractivity contribution in [2.24, 2.45) is 18.9 Å². The Morgan fingerprint density at radius 2 is 1.86 bits per heavy atom. The third-order valence-electron chi connectivity index (χ3n) is 5.56. The van der Waals surface area contributed by atoms with Gasteiger partial charge in [0.1, 0.15) is 24.2 Å². The molecule has 0 radical (unpaired) electrons. The topological polar surface area (TPSA) is 146 Å². The predicted molar refractivity (Wildman–Crippen MR) is 122 cm³/mol. The van der Waals surface area contributed by atoms with Gasteiger partial charge >= 0.3 is 17.9 Å². The van der Waals surface area contributed by atoms with Crippen LogP contribution in [0.3, 0.4) is 0 Å². The Balaban J connectivity index is 1.87. The number of ether oxygens (including phenoxy) is 3. The second kappa shape index (κ2) is 11.0. The van der Waals surface area contributed by atoms with Gasteiger partial charge in [-0.3, -0.25) is 29.0 Å². The van der Waals surface area contributed by atoms with Crippen LogP contribution in [0.25, 0.3) is 0 Å². The van der Waals surface area contributed by atoms with E-state index in [4.69, 9.17) is 14.2 Å². The summed E-state index contributed by atoms with van der Waals surface area (Å²) in [5.74, 6) is -4.44. The normalized spacial score (nSPS) is 22.9. The van der Waals surface area contributed by atoms with Crippen molar-refractivity contribution in [3.8, 4) is 0 Å². The number of rotatable bonds is 6. The summed E-state index contributed by atoms with van der Waals surface area (Å²) in [5.41, 5.74) is -0.0633. The summed E-state index contributed by atoms with van der Waals surface area (Å²) in [6, 6.07) is 7.72. The van der Waals surface area contributed by atoms with Crippen molar-refractivity contribution in [3.05, 3.63) is 58.0 Å². The lowest BCUT2D eigenvalue weighted by Gasteiger charge is -2.29. The molecule has 1 fully saturated rings. The fraction of sp³-hybridized carbons (Fsp3) is 0.458. The molecule has 11 heteroatoms. The number of aromatic amines is 1. The average Bonchev–Trinajstić information content (AvgIpc) is 3.17. The molecule has 35 heavy (non-hydrogen) atoms. The van der Waals surface area contributed by atoms with E-state index in [1.54, 1.807) is 13.8 Å². The number of nitrogens with zero attached hydrogens (tertiary/aromatic N) is 1. The molecule has 2 aromatic rings. The smallest absolute Gasteiger partial charge is 0.332 e. The van der Waals surface area contributed by atoms with Crippen molar-refractivity contribution in [2.75, 3.05) is 6.61 Å². The molecular formula is C24H29N3O8. The highest BCUT2D eigenvalue weighted by atomic mass is 16.6. The fourth-order valence-corrected chi connectivity index (χ4v) is 3.65. The maximum Gasteiger partial charge on any atom is 0.332 e.